The van der Waals surface area contributed by atoms with E-state index in [9.17, 15) is 4.39 Å². The smallest absolute Gasteiger partial charge is 0.123 e. The monoisotopic (exact) mass is 500 g/mol. The Morgan fingerprint density at radius 2 is 1.73 bits per heavy atom. The molecular formula is C30H33FN4O2. The van der Waals surface area contributed by atoms with E-state index in [-0.39, 0.29) is 11.9 Å². The van der Waals surface area contributed by atoms with E-state index >= 15 is 0 Å². The lowest BCUT2D eigenvalue weighted by molar-refractivity contribution is 0.246. The van der Waals surface area contributed by atoms with E-state index in [1.807, 2.05) is 18.2 Å². The van der Waals surface area contributed by atoms with Gasteiger partial charge >= 0.3 is 0 Å². The molecule has 0 amide bonds. The third kappa shape index (κ3) is 4.65. The van der Waals surface area contributed by atoms with Crippen molar-refractivity contribution < 1.29 is 13.9 Å². The molecule has 2 aliphatic rings. The van der Waals surface area contributed by atoms with Crippen LogP contribution < -0.4 is 19.7 Å². The second kappa shape index (κ2) is 10.1. The van der Waals surface area contributed by atoms with E-state index in [1.54, 1.807) is 14.2 Å². The van der Waals surface area contributed by atoms with E-state index in [1.165, 1.54) is 39.9 Å². The Hall–Kier alpha value is -3.55. The maximum Gasteiger partial charge on any atom is 0.123 e. The number of H-pyrrole nitrogens is 1. The largest absolute Gasteiger partial charge is 0.497 e. The van der Waals surface area contributed by atoms with Crippen molar-refractivity contribution in [3.05, 3.63) is 88.9 Å². The number of aromatic nitrogens is 1. The van der Waals surface area contributed by atoms with Crippen LogP contribution in [0.3, 0.4) is 0 Å². The summed E-state index contributed by atoms with van der Waals surface area (Å²) in [7, 11) is 3.46. The van der Waals surface area contributed by atoms with Gasteiger partial charge in [-0.2, -0.15) is 0 Å². The molecule has 7 heteroatoms. The molecule has 0 bridgehead atoms. The zero-order chi connectivity index (χ0) is 25.4. The summed E-state index contributed by atoms with van der Waals surface area (Å²) in [6.45, 7) is 5.48. The van der Waals surface area contributed by atoms with Gasteiger partial charge in [-0.3, -0.25) is 4.90 Å². The summed E-state index contributed by atoms with van der Waals surface area (Å²) in [5.74, 6) is 1.61. The van der Waals surface area contributed by atoms with Crippen LogP contribution >= 0.6 is 0 Å². The lowest BCUT2D eigenvalue weighted by Crippen LogP contribution is -2.46. The summed E-state index contributed by atoms with van der Waals surface area (Å²) in [6, 6.07) is 19.7. The Bertz CT molecular complexity index is 1390. The summed E-state index contributed by atoms with van der Waals surface area (Å²) in [4.78, 5) is 8.47. The number of ether oxygens (including phenoxy) is 2. The number of nitrogens with zero attached hydrogens (tertiary/aromatic N) is 2. The van der Waals surface area contributed by atoms with Crippen molar-refractivity contribution in [3.8, 4) is 11.5 Å². The van der Waals surface area contributed by atoms with Crippen LogP contribution in [0.2, 0.25) is 0 Å². The molecule has 3 heterocycles. The van der Waals surface area contributed by atoms with Crippen LogP contribution in [-0.2, 0) is 13.0 Å². The van der Waals surface area contributed by atoms with Gasteiger partial charge in [-0.15, -0.1) is 0 Å². The SMILES string of the molecule is COc1ccc2[nH]c3c(c2c1)CCN[C@H]3c1ccc(OC)c(CN2CCN(c3ccc(F)cc3)CC2)c1. The third-order valence-electron chi connectivity index (χ3n) is 7.75. The van der Waals surface area contributed by atoms with Crippen molar-refractivity contribution in [1.82, 2.24) is 15.2 Å². The van der Waals surface area contributed by atoms with Gasteiger partial charge in [0.1, 0.15) is 17.3 Å². The van der Waals surface area contributed by atoms with Gasteiger partial charge in [0.2, 0.25) is 0 Å². The number of anilines is 1. The summed E-state index contributed by atoms with van der Waals surface area (Å²) >= 11 is 0. The molecule has 4 aromatic rings. The minimum Gasteiger partial charge on any atom is -0.497 e. The molecule has 192 valence electrons. The molecule has 1 aromatic heterocycles. The predicted molar refractivity (Wildman–Crippen MR) is 145 cm³/mol. The molecule has 1 saturated heterocycles. The first-order chi connectivity index (χ1) is 18.1. The molecule has 6 rings (SSSR count). The van der Waals surface area contributed by atoms with Gasteiger partial charge in [0.15, 0.2) is 0 Å². The molecule has 0 unspecified atom stereocenters. The van der Waals surface area contributed by atoms with Gasteiger partial charge in [-0.05, 0) is 72.1 Å². The summed E-state index contributed by atoms with van der Waals surface area (Å²) < 4.78 is 24.6. The van der Waals surface area contributed by atoms with E-state index < -0.39 is 0 Å². The van der Waals surface area contributed by atoms with Gasteiger partial charge in [0.25, 0.3) is 0 Å². The van der Waals surface area contributed by atoms with Crippen LogP contribution in [0.5, 0.6) is 11.5 Å². The number of fused-ring (bicyclic) bond motifs is 3. The summed E-state index contributed by atoms with van der Waals surface area (Å²) in [6.07, 6.45) is 0.986. The van der Waals surface area contributed by atoms with Gasteiger partial charge in [-0.25, -0.2) is 4.39 Å². The number of hydrogen-bond donors (Lipinski definition) is 2. The number of methoxy groups -OCH3 is 2. The highest BCUT2D eigenvalue weighted by atomic mass is 19.1. The van der Waals surface area contributed by atoms with Crippen molar-refractivity contribution in [2.45, 2.75) is 19.0 Å². The molecule has 3 aromatic carbocycles. The molecule has 6 nitrogen and oxygen atoms in total. The summed E-state index contributed by atoms with van der Waals surface area (Å²) in [5.41, 5.74) is 7.26. The van der Waals surface area contributed by atoms with Crippen LogP contribution in [-0.4, -0.2) is 56.8 Å². The highest BCUT2D eigenvalue weighted by molar-refractivity contribution is 5.86. The van der Waals surface area contributed by atoms with Gasteiger partial charge < -0.3 is 24.7 Å². The van der Waals surface area contributed by atoms with E-state index in [0.29, 0.717) is 0 Å². The fourth-order valence-electron chi connectivity index (χ4n) is 5.78. The molecule has 0 spiro atoms. The van der Waals surface area contributed by atoms with Gasteiger partial charge in [0, 0.05) is 67.1 Å². The topological polar surface area (TPSA) is 52.8 Å². The van der Waals surface area contributed by atoms with Gasteiger partial charge in [0.05, 0.1) is 20.3 Å². The maximum atomic E-state index is 13.3. The van der Waals surface area contributed by atoms with E-state index in [0.717, 1.165) is 68.4 Å². The maximum absolute atomic E-state index is 13.3. The standard InChI is InChI=1S/C30H33FN4O2/c1-36-24-8-9-27-26(18-24)25-11-12-32-29(30(25)33-27)20-3-10-28(37-2)21(17-20)19-34-13-15-35(16-14-34)23-6-4-22(31)5-7-23/h3-10,17-18,29,32-33H,11-16,19H2,1-2H3/t29-/m0/s1. The average Bonchev–Trinajstić information content (AvgIpc) is 3.32. The Balaban J connectivity index is 1.22. The highest BCUT2D eigenvalue weighted by Gasteiger charge is 2.27. The lowest BCUT2D eigenvalue weighted by Gasteiger charge is -2.36. The van der Waals surface area contributed by atoms with Crippen molar-refractivity contribution >= 4 is 16.6 Å². The molecule has 2 aliphatic heterocycles. The fraction of sp³-hybridized carbons (Fsp3) is 0.333. The molecular weight excluding hydrogens is 467 g/mol. The molecule has 2 N–H and O–H groups in total. The number of piperazine rings is 1. The predicted octanol–water partition coefficient (Wildman–Crippen LogP) is 4.88. The molecule has 1 atom stereocenters. The number of benzene rings is 3. The molecule has 37 heavy (non-hydrogen) atoms. The number of aromatic amines is 1. The normalized spacial score (nSPS) is 18.1. The second-order valence-electron chi connectivity index (χ2n) is 9.88. The minimum absolute atomic E-state index is 0.0992. The first-order valence-corrected chi connectivity index (χ1v) is 12.9. The molecule has 0 aliphatic carbocycles. The van der Waals surface area contributed by atoms with E-state index in [4.69, 9.17) is 9.47 Å². The second-order valence-corrected chi connectivity index (χ2v) is 9.88. The van der Waals surface area contributed by atoms with Crippen LogP contribution in [0.25, 0.3) is 10.9 Å². The number of hydrogen-bond acceptors (Lipinski definition) is 5. The Morgan fingerprint density at radius 3 is 2.49 bits per heavy atom. The molecule has 0 saturated carbocycles. The number of nitrogens with one attached hydrogen (secondary N) is 2. The molecule has 0 radical (unpaired) electrons. The van der Waals surface area contributed by atoms with Crippen LogP contribution in [0.1, 0.15) is 28.4 Å². The quantitative estimate of drug-likeness (QED) is 0.395. The first kappa shape index (κ1) is 23.8. The van der Waals surface area contributed by atoms with Crippen molar-refractivity contribution in [2.75, 3.05) is 51.8 Å². The zero-order valence-corrected chi connectivity index (χ0v) is 21.4. The van der Waals surface area contributed by atoms with E-state index in [2.05, 4.69) is 50.4 Å². The Labute approximate surface area is 217 Å². The Morgan fingerprint density at radius 1 is 0.919 bits per heavy atom. The minimum atomic E-state index is -0.193. The van der Waals surface area contributed by atoms with Crippen molar-refractivity contribution in [3.63, 3.8) is 0 Å². The van der Waals surface area contributed by atoms with Crippen molar-refractivity contribution in [2.24, 2.45) is 0 Å². The number of halogens is 1. The van der Waals surface area contributed by atoms with Crippen LogP contribution in [0.4, 0.5) is 10.1 Å². The summed E-state index contributed by atoms with van der Waals surface area (Å²) in [5, 5.41) is 4.97. The Kier molecular flexibility index (Phi) is 6.49. The fourth-order valence-corrected chi connectivity index (χ4v) is 5.78. The van der Waals surface area contributed by atoms with Crippen molar-refractivity contribution in [1.29, 1.82) is 0 Å². The number of rotatable bonds is 6. The molecule has 1 fully saturated rings. The van der Waals surface area contributed by atoms with Gasteiger partial charge in [-0.1, -0.05) is 6.07 Å². The van der Waals surface area contributed by atoms with Crippen LogP contribution in [0.15, 0.2) is 60.7 Å². The third-order valence-corrected chi connectivity index (χ3v) is 7.75. The first-order valence-electron chi connectivity index (χ1n) is 12.9. The average molecular weight is 501 g/mol. The highest BCUT2D eigenvalue weighted by Crippen LogP contribution is 2.36. The van der Waals surface area contributed by atoms with Crippen LogP contribution in [0, 0.1) is 5.82 Å². The lowest BCUT2D eigenvalue weighted by atomic mass is 9.93. The zero-order valence-electron chi connectivity index (χ0n) is 21.4.